The molecule has 0 aromatic heterocycles. The van der Waals surface area contributed by atoms with Crippen molar-refractivity contribution in [2.45, 2.75) is 18.9 Å². The monoisotopic (exact) mass is 564 g/mol. The van der Waals surface area contributed by atoms with E-state index in [9.17, 15) is 28.9 Å². The van der Waals surface area contributed by atoms with Gasteiger partial charge in [-0.2, -0.15) is 0 Å². The van der Waals surface area contributed by atoms with Gasteiger partial charge >= 0.3 is 5.69 Å². The molecule has 3 aromatic rings. The minimum atomic E-state index is -1.01. The second-order valence-corrected chi connectivity index (χ2v) is 9.37. The zero-order valence-electron chi connectivity index (χ0n) is 22.3. The largest absolute Gasteiger partial charge is 0.450 e. The molecule has 0 aliphatic carbocycles. The summed E-state index contributed by atoms with van der Waals surface area (Å²) in [5.41, 5.74) is 0.652. The van der Waals surface area contributed by atoms with E-state index in [2.05, 4.69) is 10.6 Å². The van der Waals surface area contributed by atoms with Gasteiger partial charge in [-0.3, -0.25) is 24.5 Å². The predicted octanol–water partition coefficient (Wildman–Crippen LogP) is 3.01. The molecule has 1 atom stereocenters. The number of benzene rings is 3. The Bertz CT molecular complexity index is 1450. The number of ether oxygens (including phenoxy) is 2. The molecule has 0 fully saturated rings. The van der Waals surface area contributed by atoms with Gasteiger partial charge in [0, 0.05) is 44.3 Å². The van der Waals surface area contributed by atoms with Crippen molar-refractivity contribution in [2.75, 3.05) is 33.4 Å². The molecule has 11 nitrogen and oxygen atoms in total. The first-order valence-electron chi connectivity index (χ1n) is 12.9. The summed E-state index contributed by atoms with van der Waals surface area (Å²) >= 11 is 0. The normalized spacial score (nSPS) is 15.4. The van der Waals surface area contributed by atoms with Crippen molar-refractivity contribution in [2.24, 2.45) is 0 Å². The summed E-state index contributed by atoms with van der Waals surface area (Å²) in [5, 5.41) is 17.1. The van der Waals surface area contributed by atoms with Crippen LogP contribution in [0.2, 0.25) is 0 Å². The lowest BCUT2D eigenvalue weighted by Crippen LogP contribution is -2.51. The highest BCUT2D eigenvalue weighted by molar-refractivity contribution is 5.98. The molecule has 12 heteroatoms. The van der Waals surface area contributed by atoms with Crippen molar-refractivity contribution in [3.05, 3.63) is 99.4 Å². The van der Waals surface area contributed by atoms with Gasteiger partial charge in [-0.25, -0.2) is 4.39 Å². The van der Waals surface area contributed by atoms with Crippen molar-refractivity contribution in [1.29, 1.82) is 0 Å². The Morgan fingerprint density at radius 3 is 2.73 bits per heavy atom. The maximum absolute atomic E-state index is 14.3. The molecular weight excluding hydrogens is 535 g/mol. The molecule has 214 valence electrons. The Balaban J connectivity index is 1.72. The Hall–Kier alpha value is -4.84. The standard InChI is InChI=1S/C29H29FN4O7/c1-40-14-12-31-28(36)24-16-19-5-4-7-22(15-19)41-26-17-21(9-10-25(26)34(38)39)29(37)33(18-27(35)32-24)13-11-20-6-2-3-8-23(20)30/h2-10,15,17,24H,11-14,16,18H2,1H3,(H,31,36)(H,32,35). The summed E-state index contributed by atoms with van der Waals surface area (Å²) in [6, 6.07) is 15.3. The lowest BCUT2D eigenvalue weighted by Gasteiger charge is -2.25. The molecule has 1 unspecified atom stereocenters. The molecule has 2 N–H and O–H groups in total. The average Bonchev–Trinajstić information content (AvgIpc) is 2.95. The third-order valence-electron chi connectivity index (χ3n) is 6.46. The van der Waals surface area contributed by atoms with Gasteiger partial charge < -0.3 is 25.0 Å². The molecule has 4 rings (SSSR count). The Labute approximate surface area is 235 Å². The van der Waals surface area contributed by atoms with Crippen molar-refractivity contribution >= 4 is 23.4 Å². The van der Waals surface area contributed by atoms with Crippen LogP contribution < -0.4 is 15.4 Å². The van der Waals surface area contributed by atoms with Crippen LogP contribution in [-0.4, -0.2) is 66.9 Å². The summed E-state index contributed by atoms with van der Waals surface area (Å²) in [5.74, 6) is -2.06. The van der Waals surface area contributed by atoms with Gasteiger partial charge in [0.05, 0.1) is 18.1 Å². The molecule has 1 aliphatic rings. The number of carbonyl (C=O) groups excluding carboxylic acids is 3. The van der Waals surface area contributed by atoms with Gasteiger partial charge in [-0.1, -0.05) is 30.3 Å². The number of halogens is 1. The molecule has 1 heterocycles. The van der Waals surface area contributed by atoms with Crippen LogP contribution in [0, 0.1) is 15.9 Å². The van der Waals surface area contributed by atoms with Crippen LogP contribution in [0.4, 0.5) is 10.1 Å². The van der Waals surface area contributed by atoms with E-state index < -0.39 is 41.0 Å². The van der Waals surface area contributed by atoms with Gasteiger partial charge in [0.1, 0.15) is 17.6 Å². The van der Waals surface area contributed by atoms with Crippen molar-refractivity contribution in [3.8, 4) is 11.5 Å². The number of methoxy groups -OCH3 is 1. The van der Waals surface area contributed by atoms with E-state index in [1.165, 1.54) is 30.2 Å². The fourth-order valence-corrected chi connectivity index (χ4v) is 4.39. The van der Waals surface area contributed by atoms with Gasteiger partial charge in [-0.05, 0) is 41.8 Å². The molecule has 4 bridgehead atoms. The molecular formula is C29H29FN4O7. The fraction of sp³-hybridized carbons (Fsp3) is 0.276. The van der Waals surface area contributed by atoms with Gasteiger partial charge in [0.15, 0.2) is 0 Å². The maximum Gasteiger partial charge on any atom is 0.311 e. The second-order valence-electron chi connectivity index (χ2n) is 9.37. The SMILES string of the molecule is COCCNC(=O)C1Cc2cccc(c2)Oc2cc(ccc2[N+](=O)[O-])C(=O)N(CCc2ccccc2F)CC(=O)N1. The zero-order chi connectivity index (χ0) is 29.4. The number of carbonyl (C=O) groups is 3. The Morgan fingerprint density at radius 2 is 1.98 bits per heavy atom. The van der Waals surface area contributed by atoms with Crippen LogP contribution >= 0.6 is 0 Å². The highest BCUT2D eigenvalue weighted by atomic mass is 19.1. The average molecular weight is 565 g/mol. The van der Waals surface area contributed by atoms with Gasteiger partial charge in [-0.15, -0.1) is 0 Å². The van der Waals surface area contributed by atoms with E-state index in [0.29, 0.717) is 11.1 Å². The summed E-state index contributed by atoms with van der Waals surface area (Å²) in [6.07, 6.45) is 0.181. The van der Waals surface area contributed by atoms with Crippen LogP contribution in [-0.2, 0) is 27.2 Å². The van der Waals surface area contributed by atoms with Crippen LogP contribution in [0.1, 0.15) is 21.5 Å². The second kappa shape index (κ2) is 13.5. The Morgan fingerprint density at radius 1 is 1.17 bits per heavy atom. The number of nitrogens with zero attached hydrogens (tertiary/aromatic N) is 2. The van der Waals surface area contributed by atoms with Gasteiger partial charge in [0.25, 0.3) is 5.91 Å². The number of fused-ring (bicyclic) bond motifs is 4. The first kappa shape index (κ1) is 29.2. The first-order chi connectivity index (χ1) is 19.7. The topological polar surface area (TPSA) is 140 Å². The molecule has 3 amide bonds. The van der Waals surface area contributed by atoms with Crippen LogP contribution in [0.15, 0.2) is 66.7 Å². The highest BCUT2D eigenvalue weighted by Gasteiger charge is 2.27. The van der Waals surface area contributed by atoms with Crippen LogP contribution in [0.3, 0.4) is 0 Å². The van der Waals surface area contributed by atoms with Crippen molar-refractivity contribution < 1.29 is 33.2 Å². The number of nitro benzene ring substituents is 1. The summed E-state index contributed by atoms with van der Waals surface area (Å²) in [6.45, 7) is 0.00740. The Kier molecular flexibility index (Phi) is 9.59. The number of amides is 3. The maximum atomic E-state index is 14.3. The molecule has 0 spiro atoms. The van der Waals surface area contributed by atoms with Gasteiger partial charge in [0.2, 0.25) is 17.6 Å². The first-order valence-corrected chi connectivity index (χ1v) is 12.9. The summed E-state index contributed by atoms with van der Waals surface area (Å²) < 4.78 is 25.1. The lowest BCUT2D eigenvalue weighted by atomic mass is 10.0. The number of nitrogens with one attached hydrogen (secondary N) is 2. The smallest absolute Gasteiger partial charge is 0.311 e. The van der Waals surface area contributed by atoms with E-state index in [-0.39, 0.29) is 55.3 Å². The lowest BCUT2D eigenvalue weighted by molar-refractivity contribution is -0.385. The van der Waals surface area contributed by atoms with E-state index in [4.69, 9.17) is 9.47 Å². The van der Waals surface area contributed by atoms with Crippen molar-refractivity contribution in [3.63, 3.8) is 0 Å². The number of nitro groups is 1. The molecule has 0 saturated carbocycles. The van der Waals surface area contributed by atoms with Crippen LogP contribution in [0.5, 0.6) is 11.5 Å². The summed E-state index contributed by atoms with van der Waals surface area (Å²) in [7, 11) is 1.49. The third kappa shape index (κ3) is 7.63. The molecule has 0 saturated heterocycles. The number of rotatable bonds is 8. The molecule has 3 aromatic carbocycles. The zero-order valence-corrected chi connectivity index (χ0v) is 22.3. The third-order valence-corrected chi connectivity index (χ3v) is 6.46. The molecule has 41 heavy (non-hydrogen) atoms. The minimum absolute atomic E-state index is 0.0361. The molecule has 0 radical (unpaired) electrons. The number of hydrogen-bond donors (Lipinski definition) is 2. The number of hydrogen-bond acceptors (Lipinski definition) is 7. The summed E-state index contributed by atoms with van der Waals surface area (Å²) in [4.78, 5) is 52.1. The highest BCUT2D eigenvalue weighted by Crippen LogP contribution is 2.33. The molecule has 1 aliphatic heterocycles. The predicted molar refractivity (Wildman–Crippen MR) is 146 cm³/mol. The van der Waals surface area contributed by atoms with E-state index in [1.54, 1.807) is 42.5 Å². The van der Waals surface area contributed by atoms with E-state index in [1.807, 2.05) is 0 Å². The van der Waals surface area contributed by atoms with Crippen molar-refractivity contribution in [1.82, 2.24) is 15.5 Å². The van der Waals surface area contributed by atoms with E-state index in [0.717, 1.165) is 6.07 Å². The quantitative estimate of drug-likeness (QED) is 0.244. The van der Waals surface area contributed by atoms with E-state index >= 15 is 0 Å². The van der Waals surface area contributed by atoms with Crippen LogP contribution in [0.25, 0.3) is 0 Å². The fourth-order valence-electron chi connectivity index (χ4n) is 4.39. The minimum Gasteiger partial charge on any atom is -0.450 e.